The highest BCUT2D eigenvalue weighted by Gasteiger charge is 2.48. The van der Waals surface area contributed by atoms with Crippen molar-refractivity contribution in [3.05, 3.63) is 5.82 Å². The van der Waals surface area contributed by atoms with E-state index in [4.69, 9.17) is 0 Å². The molecule has 1 aliphatic heterocycles. The summed E-state index contributed by atoms with van der Waals surface area (Å²) in [6.07, 6.45) is 4.52. The number of carboxylic acids is 1. The standard InChI is InChI=1S/C11H15N5O3/c17-10(9-12-14-15-13-9)16-7-4-2-1-3-6(7)5-8(16)11(18)19/h6-8H,1-5H2,(H,18,19)(H,12,13,14,15). The molecule has 1 aromatic rings. The van der Waals surface area contributed by atoms with Crippen molar-refractivity contribution >= 4 is 11.9 Å². The summed E-state index contributed by atoms with van der Waals surface area (Å²) in [7, 11) is 0. The summed E-state index contributed by atoms with van der Waals surface area (Å²) in [6, 6.07) is -0.764. The van der Waals surface area contributed by atoms with Crippen molar-refractivity contribution in [3.63, 3.8) is 0 Å². The molecule has 3 rings (SSSR count). The second-order valence-corrected chi connectivity index (χ2v) is 5.15. The van der Waals surface area contributed by atoms with Gasteiger partial charge >= 0.3 is 5.97 Å². The number of hydrogen-bond donors (Lipinski definition) is 2. The number of carbonyl (C=O) groups is 2. The molecule has 1 aliphatic carbocycles. The number of tetrazole rings is 1. The van der Waals surface area contributed by atoms with Crippen LogP contribution in [0.25, 0.3) is 0 Å². The number of H-pyrrole nitrogens is 1. The zero-order valence-corrected chi connectivity index (χ0v) is 10.3. The summed E-state index contributed by atoms with van der Waals surface area (Å²) in [5.41, 5.74) is 0. The summed E-state index contributed by atoms with van der Waals surface area (Å²) < 4.78 is 0. The monoisotopic (exact) mass is 265 g/mol. The molecule has 3 unspecified atom stereocenters. The van der Waals surface area contributed by atoms with Crippen molar-refractivity contribution in [2.75, 3.05) is 0 Å². The second-order valence-electron chi connectivity index (χ2n) is 5.15. The molecular formula is C11H15N5O3. The van der Waals surface area contributed by atoms with E-state index in [1.54, 1.807) is 0 Å². The fraction of sp³-hybridized carbons (Fsp3) is 0.727. The fourth-order valence-corrected chi connectivity index (χ4v) is 3.34. The number of aromatic nitrogens is 4. The number of hydrogen-bond acceptors (Lipinski definition) is 5. The van der Waals surface area contributed by atoms with Gasteiger partial charge in [-0.15, -0.1) is 10.2 Å². The Morgan fingerprint density at radius 1 is 1.32 bits per heavy atom. The first-order valence-corrected chi connectivity index (χ1v) is 6.47. The van der Waals surface area contributed by atoms with Crippen LogP contribution in [0.5, 0.6) is 0 Å². The summed E-state index contributed by atoms with van der Waals surface area (Å²) >= 11 is 0. The van der Waals surface area contributed by atoms with Crippen molar-refractivity contribution in [2.45, 2.75) is 44.2 Å². The van der Waals surface area contributed by atoms with E-state index in [-0.39, 0.29) is 17.8 Å². The van der Waals surface area contributed by atoms with Gasteiger partial charge in [-0.05, 0) is 30.4 Å². The van der Waals surface area contributed by atoms with Gasteiger partial charge in [0.05, 0.1) is 0 Å². The average Bonchev–Trinajstić information content (AvgIpc) is 3.05. The van der Waals surface area contributed by atoms with Crippen LogP contribution < -0.4 is 0 Å². The molecule has 2 heterocycles. The van der Waals surface area contributed by atoms with Crippen LogP contribution >= 0.6 is 0 Å². The molecule has 0 spiro atoms. The van der Waals surface area contributed by atoms with E-state index in [2.05, 4.69) is 20.6 Å². The molecule has 19 heavy (non-hydrogen) atoms. The topological polar surface area (TPSA) is 112 Å². The number of likely N-dealkylation sites (tertiary alicyclic amines) is 1. The number of aliphatic carboxylic acids is 1. The minimum Gasteiger partial charge on any atom is -0.480 e. The Balaban J connectivity index is 1.90. The van der Waals surface area contributed by atoms with E-state index < -0.39 is 17.9 Å². The predicted molar refractivity (Wildman–Crippen MR) is 62.1 cm³/mol. The zero-order chi connectivity index (χ0) is 13.4. The zero-order valence-electron chi connectivity index (χ0n) is 10.3. The predicted octanol–water partition coefficient (Wildman–Crippen LogP) is 0.0576. The lowest BCUT2D eigenvalue weighted by molar-refractivity contribution is -0.141. The van der Waals surface area contributed by atoms with Crippen LogP contribution in [-0.4, -0.2) is 54.6 Å². The Morgan fingerprint density at radius 3 is 2.79 bits per heavy atom. The number of carboxylic acid groups (broad SMARTS) is 1. The molecule has 3 atom stereocenters. The Labute approximate surface area is 109 Å². The molecule has 1 amide bonds. The molecule has 1 aromatic heterocycles. The first-order chi connectivity index (χ1) is 9.18. The molecular weight excluding hydrogens is 250 g/mol. The van der Waals surface area contributed by atoms with Gasteiger partial charge in [-0.3, -0.25) is 4.79 Å². The maximum absolute atomic E-state index is 12.4. The number of nitrogens with one attached hydrogen (secondary N) is 1. The lowest BCUT2D eigenvalue weighted by Crippen LogP contribution is -2.46. The molecule has 1 saturated carbocycles. The van der Waals surface area contributed by atoms with Gasteiger partial charge in [0.25, 0.3) is 11.7 Å². The van der Waals surface area contributed by atoms with Gasteiger partial charge in [0.1, 0.15) is 6.04 Å². The number of aromatic amines is 1. The summed E-state index contributed by atoms with van der Waals surface area (Å²) in [6.45, 7) is 0. The van der Waals surface area contributed by atoms with Crippen molar-refractivity contribution < 1.29 is 14.7 Å². The molecule has 1 saturated heterocycles. The van der Waals surface area contributed by atoms with E-state index in [9.17, 15) is 14.7 Å². The smallest absolute Gasteiger partial charge is 0.326 e. The van der Waals surface area contributed by atoms with Crippen LogP contribution in [0, 0.1) is 5.92 Å². The molecule has 2 aliphatic rings. The van der Waals surface area contributed by atoms with Gasteiger partial charge < -0.3 is 10.0 Å². The van der Waals surface area contributed by atoms with E-state index in [1.165, 1.54) is 4.90 Å². The fourth-order valence-electron chi connectivity index (χ4n) is 3.34. The highest BCUT2D eigenvalue weighted by molar-refractivity contribution is 5.94. The van der Waals surface area contributed by atoms with Crippen molar-refractivity contribution in [1.29, 1.82) is 0 Å². The van der Waals surface area contributed by atoms with E-state index in [1.807, 2.05) is 0 Å². The largest absolute Gasteiger partial charge is 0.480 e. The molecule has 0 aromatic carbocycles. The quantitative estimate of drug-likeness (QED) is 0.781. The second kappa shape index (κ2) is 4.60. The number of fused-ring (bicyclic) bond motifs is 1. The number of amides is 1. The maximum atomic E-state index is 12.4. The highest BCUT2D eigenvalue weighted by Crippen LogP contribution is 2.40. The molecule has 0 radical (unpaired) electrons. The minimum absolute atomic E-state index is 0.000787. The van der Waals surface area contributed by atoms with Gasteiger partial charge in [0.2, 0.25) is 0 Å². The Morgan fingerprint density at radius 2 is 2.11 bits per heavy atom. The third kappa shape index (κ3) is 1.96. The van der Waals surface area contributed by atoms with Crippen molar-refractivity contribution in [3.8, 4) is 0 Å². The maximum Gasteiger partial charge on any atom is 0.326 e. The van der Waals surface area contributed by atoms with Gasteiger partial charge in [-0.1, -0.05) is 12.8 Å². The van der Waals surface area contributed by atoms with Gasteiger partial charge in [-0.2, -0.15) is 5.21 Å². The van der Waals surface area contributed by atoms with Crippen LogP contribution in [0.1, 0.15) is 42.7 Å². The summed E-state index contributed by atoms with van der Waals surface area (Å²) in [5.74, 6) is -1.16. The lowest BCUT2D eigenvalue weighted by Gasteiger charge is -2.32. The van der Waals surface area contributed by atoms with Gasteiger partial charge in [0, 0.05) is 6.04 Å². The first kappa shape index (κ1) is 12.1. The lowest BCUT2D eigenvalue weighted by atomic mass is 9.85. The summed E-state index contributed by atoms with van der Waals surface area (Å²) in [4.78, 5) is 25.2. The molecule has 2 N–H and O–H groups in total. The SMILES string of the molecule is O=C(O)C1CC2CCCCC2N1C(=O)c1nn[nH]n1. The highest BCUT2D eigenvalue weighted by atomic mass is 16.4. The minimum atomic E-state index is -0.953. The van der Waals surface area contributed by atoms with E-state index >= 15 is 0 Å². The van der Waals surface area contributed by atoms with E-state index in [0.29, 0.717) is 6.42 Å². The third-order valence-corrected chi connectivity index (χ3v) is 4.14. The van der Waals surface area contributed by atoms with Crippen LogP contribution in [0.2, 0.25) is 0 Å². The van der Waals surface area contributed by atoms with Crippen LogP contribution in [0.3, 0.4) is 0 Å². The summed E-state index contributed by atoms with van der Waals surface area (Å²) in [5, 5.41) is 22.2. The Bertz CT molecular complexity index is 489. The van der Waals surface area contributed by atoms with Crippen molar-refractivity contribution in [1.82, 2.24) is 25.5 Å². The van der Waals surface area contributed by atoms with Gasteiger partial charge in [-0.25, -0.2) is 4.79 Å². The van der Waals surface area contributed by atoms with Crippen LogP contribution in [0.15, 0.2) is 0 Å². The Kier molecular flexibility index (Phi) is 2.92. The third-order valence-electron chi connectivity index (χ3n) is 4.14. The van der Waals surface area contributed by atoms with E-state index in [0.717, 1.165) is 25.7 Å². The molecule has 8 heteroatoms. The van der Waals surface area contributed by atoms with Crippen LogP contribution in [0.4, 0.5) is 0 Å². The van der Waals surface area contributed by atoms with Gasteiger partial charge in [0.15, 0.2) is 0 Å². The van der Waals surface area contributed by atoms with Crippen molar-refractivity contribution in [2.24, 2.45) is 5.92 Å². The molecule has 8 nitrogen and oxygen atoms in total. The Hall–Kier alpha value is -1.99. The molecule has 102 valence electrons. The molecule has 0 bridgehead atoms. The number of carbonyl (C=O) groups excluding carboxylic acids is 1. The average molecular weight is 265 g/mol. The number of rotatable bonds is 2. The normalized spacial score (nSPS) is 30.1. The van der Waals surface area contributed by atoms with Crippen LogP contribution in [-0.2, 0) is 4.79 Å². The first-order valence-electron chi connectivity index (χ1n) is 6.47. The molecule has 2 fully saturated rings. The number of nitrogens with zero attached hydrogens (tertiary/aromatic N) is 4.